The van der Waals surface area contributed by atoms with E-state index in [2.05, 4.69) is 13.8 Å². The number of hydrogen-bond acceptors (Lipinski definition) is 4. The summed E-state index contributed by atoms with van der Waals surface area (Å²) in [4.78, 5) is 12.2. The van der Waals surface area contributed by atoms with Gasteiger partial charge in [-0.1, -0.05) is 26.0 Å². The molecular weight excluding hydrogens is 260 g/mol. The molecule has 106 valence electrons. The molecule has 0 saturated carbocycles. The molecule has 0 aliphatic heterocycles. The molecule has 0 aromatic heterocycles. The van der Waals surface area contributed by atoms with Crippen LogP contribution in [0.4, 0.5) is 0 Å². The first-order valence-electron chi connectivity index (χ1n) is 6.54. The van der Waals surface area contributed by atoms with Gasteiger partial charge in [0.05, 0.1) is 17.9 Å². The molecule has 4 heteroatoms. The van der Waals surface area contributed by atoms with Gasteiger partial charge < -0.3 is 9.47 Å². The van der Waals surface area contributed by atoms with Crippen LogP contribution in [0.2, 0.25) is 0 Å². The van der Waals surface area contributed by atoms with Crippen LogP contribution in [0.15, 0.2) is 24.3 Å². The van der Waals surface area contributed by atoms with Crippen LogP contribution in [-0.4, -0.2) is 37.1 Å². The molecular formula is C15H22O3S. The van der Waals surface area contributed by atoms with Crippen molar-refractivity contribution in [1.29, 1.82) is 0 Å². The van der Waals surface area contributed by atoms with Crippen LogP contribution in [0.1, 0.15) is 30.6 Å². The van der Waals surface area contributed by atoms with E-state index in [0.29, 0.717) is 35.5 Å². The monoisotopic (exact) mass is 282 g/mol. The Bertz CT molecular complexity index is 393. The molecule has 0 saturated heterocycles. The zero-order chi connectivity index (χ0) is 14.1. The third-order valence-corrected chi connectivity index (χ3v) is 4.14. The predicted octanol–water partition coefficient (Wildman–Crippen LogP) is 3.43. The largest absolute Gasteiger partial charge is 0.490 e. The van der Waals surface area contributed by atoms with Crippen molar-refractivity contribution in [3.05, 3.63) is 29.8 Å². The molecule has 0 fully saturated rings. The van der Waals surface area contributed by atoms with Crippen molar-refractivity contribution in [1.82, 2.24) is 0 Å². The maximum Gasteiger partial charge on any atom is 0.176 e. The first kappa shape index (κ1) is 16.1. The van der Waals surface area contributed by atoms with Crippen molar-refractivity contribution in [2.45, 2.75) is 25.5 Å². The summed E-state index contributed by atoms with van der Waals surface area (Å²) in [5.74, 6) is 1.27. The highest BCUT2D eigenvalue weighted by Crippen LogP contribution is 2.22. The van der Waals surface area contributed by atoms with Crippen LogP contribution in [-0.2, 0) is 4.74 Å². The molecule has 1 rings (SSSR count). The molecule has 0 bridgehead atoms. The summed E-state index contributed by atoms with van der Waals surface area (Å²) in [7, 11) is 1.63. The Morgan fingerprint density at radius 2 is 2.05 bits per heavy atom. The van der Waals surface area contributed by atoms with Crippen LogP contribution in [0.5, 0.6) is 5.75 Å². The number of methoxy groups -OCH3 is 1. The van der Waals surface area contributed by atoms with Crippen LogP contribution in [0.25, 0.3) is 0 Å². The highest BCUT2D eigenvalue weighted by molar-refractivity contribution is 8.00. The minimum atomic E-state index is 0.123. The molecule has 0 aliphatic rings. The van der Waals surface area contributed by atoms with Crippen molar-refractivity contribution in [2.75, 3.05) is 26.1 Å². The van der Waals surface area contributed by atoms with E-state index in [0.717, 1.165) is 6.42 Å². The number of Topliss-reactive ketones (excluding diaryl/α,β-unsaturated/α-hetero) is 1. The summed E-state index contributed by atoms with van der Waals surface area (Å²) in [5, 5.41) is 0.505. The van der Waals surface area contributed by atoms with Crippen LogP contribution in [0, 0.1) is 0 Å². The lowest BCUT2D eigenvalue weighted by Gasteiger charge is -2.11. The minimum absolute atomic E-state index is 0.123. The summed E-state index contributed by atoms with van der Waals surface area (Å²) in [6, 6.07) is 7.39. The van der Waals surface area contributed by atoms with Crippen LogP contribution in [0.3, 0.4) is 0 Å². The Labute approximate surface area is 119 Å². The normalized spacial score (nSPS) is 12.2. The van der Waals surface area contributed by atoms with Crippen molar-refractivity contribution < 1.29 is 14.3 Å². The van der Waals surface area contributed by atoms with Gasteiger partial charge in [-0.25, -0.2) is 0 Å². The summed E-state index contributed by atoms with van der Waals surface area (Å²) < 4.78 is 10.5. The van der Waals surface area contributed by atoms with Gasteiger partial charge in [0.15, 0.2) is 5.78 Å². The Hall–Kier alpha value is -1.00. The topological polar surface area (TPSA) is 35.5 Å². The zero-order valence-electron chi connectivity index (χ0n) is 11.8. The summed E-state index contributed by atoms with van der Waals surface area (Å²) in [5.41, 5.74) is 0.661. The number of rotatable bonds is 9. The van der Waals surface area contributed by atoms with Crippen LogP contribution < -0.4 is 4.74 Å². The second-order valence-corrected chi connectivity index (χ2v) is 5.72. The highest BCUT2D eigenvalue weighted by Gasteiger charge is 2.13. The molecule has 0 aliphatic carbocycles. The van der Waals surface area contributed by atoms with Crippen molar-refractivity contribution >= 4 is 17.5 Å². The average molecular weight is 282 g/mol. The van der Waals surface area contributed by atoms with Crippen molar-refractivity contribution in [3.8, 4) is 5.75 Å². The van der Waals surface area contributed by atoms with E-state index in [9.17, 15) is 4.79 Å². The lowest BCUT2D eigenvalue weighted by Crippen LogP contribution is -2.11. The lowest BCUT2D eigenvalue weighted by molar-refractivity contribution is 0.101. The van der Waals surface area contributed by atoms with E-state index in [1.165, 1.54) is 0 Å². The maximum atomic E-state index is 12.2. The van der Waals surface area contributed by atoms with Gasteiger partial charge in [-0.3, -0.25) is 4.79 Å². The predicted molar refractivity (Wildman–Crippen MR) is 80.4 cm³/mol. The van der Waals surface area contributed by atoms with Gasteiger partial charge in [0.1, 0.15) is 12.4 Å². The summed E-state index contributed by atoms with van der Waals surface area (Å²) in [6.45, 7) is 5.24. The van der Waals surface area contributed by atoms with E-state index in [4.69, 9.17) is 9.47 Å². The molecule has 1 atom stereocenters. The molecule has 0 spiro atoms. The van der Waals surface area contributed by atoms with Crippen molar-refractivity contribution in [3.63, 3.8) is 0 Å². The Morgan fingerprint density at radius 3 is 2.74 bits per heavy atom. The first-order chi connectivity index (χ1) is 9.19. The fraction of sp³-hybridized carbons (Fsp3) is 0.533. The van der Waals surface area contributed by atoms with Gasteiger partial charge >= 0.3 is 0 Å². The number of carbonyl (C=O) groups excluding carboxylic acids is 1. The minimum Gasteiger partial charge on any atom is -0.490 e. The average Bonchev–Trinajstić information content (AvgIpc) is 2.45. The van der Waals surface area contributed by atoms with Crippen LogP contribution >= 0.6 is 11.8 Å². The molecule has 1 aromatic carbocycles. The van der Waals surface area contributed by atoms with Gasteiger partial charge in [0.2, 0.25) is 0 Å². The Balaban J connectivity index is 2.62. The van der Waals surface area contributed by atoms with Gasteiger partial charge in [-0.05, 0) is 18.6 Å². The van der Waals surface area contributed by atoms with Gasteiger partial charge in [0.25, 0.3) is 0 Å². The van der Waals surface area contributed by atoms with Gasteiger partial charge in [0, 0.05) is 12.4 Å². The van der Waals surface area contributed by atoms with Gasteiger partial charge in [-0.15, -0.1) is 0 Å². The smallest absolute Gasteiger partial charge is 0.176 e. The van der Waals surface area contributed by atoms with E-state index >= 15 is 0 Å². The fourth-order valence-electron chi connectivity index (χ4n) is 1.47. The third kappa shape index (κ3) is 5.66. The first-order valence-corrected chi connectivity index (χ1v) is 7.59. The number of para-hydroxylation sites is 1. The summed E-state index contributed by atoms with van der Waals surface area (Å²) in [6.07, 6.45) is 1.07. The molecule has 19 heavy (non-hydrogen) atoms. The lowest BCUT2D eigenvalue weighted by atomic mass is 10.1. The quantitative estimate of drug-likeness (QED) is 0.513. The van der Waals surface area contributed by atoms with E-state index in [-0.39, 0.29) is 5.78 Å². The van der Waals surface area contributed by atoms with E-state index < -0.39 is 0 Å². The molecule has 0 amide bonds. The standard InChI is InChI=1S/C15H22O3S/c1-4-12(2)19-11-14(16)13-7-5-6-8-15(13)18-10-9-17-3/h5-8,12H,4,9-11H2,1-3H3. The molecule has 0 N–H and O–H groups in total. The number of hydrogen-bond donors (Lipinski definition) is 0. The number of benzene rings is 1. The Morgan fingerprint density at radius 1 is 1.32 bits per heavy atom. The second kappa shape index (κ2) is 8.99. The third-order valence-electron chi connectivity index (χ3n) is 2.81. The molecule has 3 nitrogen and oxygen atoms in total. The molecule has 1 unspecified atom stereocenters. The van der Waals surface area contributed by atoms with Gasteiger partial charge in [-0.2, -0.15) is 11.8 Å². The molecule has 0 heterocycles. The SMILES string of the molecule is CCC(C)SCC(=O)c1ccccc1OCCOC. The number of carbonyl (C=O) groups is 1. The fourth-order valence-corrected chi connectivity index (χ4v) is 2.30. The summed E-state index contributed by atoms with van der Waals surface area (Å²) >= 11 is 1.69. The number of ketones is 1. The number of thioether (sulfide) groups is 1. The number of ether oxygens (including phenoxy) is 2. The molecule has 0 radical (unpaired) electrons. The van der Waals surface area contributed by atoms with E-state index in [1.54, 1.807) is 18.9 Å². The van der Waals surface area contributed by atoms with E-state index in [1.807, 2.05) is 24.3 Å². The second-order valence-electron chi connectivity index (χ2n) is 4.29. The van der Waals surface area contributed by atoms with Crippen molar-refractivity contribution in [2.24, 2.45) is 0 Å². The maximum absolute atomic E-state index is 12.2. The molecule has 1 aromatic rings. The Kier molecular flexibility index (Phi) is 7.60. The zero-order valence-corrected chi connectivity index (χ0v) is 12.7. The highest BCUT2D eigenvalue weighted by atomic mass is 32.2.